The molecule has 0 bridgehead atoms. The van der Waals surface area contributed by atoms with Gasteiger partial charge in [0.25, 0.3) is 0 Å². The topological polar surface area (TPSA) is 72.6 Å². The van der Waals surface area contributed by atoms with Crippen LogP contribution in [0.2, 0.25) is 0 Å². The van der Waals surface area contributed by atoms with Crippen molar-refractivity contribution in [3.63, 3.8) is 0 Å². The molecular formula is C12H13ClN2O3. The molecule has 1 unspecified atom stereocenters. The van der Waals surface area contributed by atoms with Gasteiger partial charge >= 0.3 is 5.97 Å². The normalized spacial score (nSPS) is 19.1. The van der Waals surface area contributed by atoms with E-state index in [-0.39, 0.29) is 11.3 Å². The number of hydrogen-bond acceptors (Lipinski definition) is 4. The standard InChI is InChI=1S/C12H13ClN2O3/c1-18-12(17)7-2-3-10(9(14)4-7)15-6-8(13)5-11(15)16/h2-4,8H,5-6,14H2,1H3. The summed E-state index contributed by atoms with van der Waals surface area (Å²) in [7, 11) is 1.30. The van der Waals surface area contributed by atoms with Crippen molar-refractivity contribution >= 4 is 34.9 Å². The molecule has 1 heterocycles. The maximum atomic E-state index is 11.7. The lowest BCUT2D eigenvalue weighted by molar-refractivity contribution is -0.117. The number of methoxy groups -OCH3 is 1. The lowest BCUT2D eigenvalue weighted by Gasteiger charge is -2.18. The Morgan fingerprint density at radius 3 is 2.78 bits per heavy atom. The smallest absolute Gasteiger partial charge is 0.337 e. The molecule has 1 aliphatic rings. The fourth-order valence-corrected chi connectivity index (χ4v) is 2.21. The summed E-state index contributed by atoms with van der Waals surface area (Å²) >= 11 is 5.93. The molecule has 6 heteroatoms. The van der Waals surface area contributed by atoms with Gasteiger partial charge in [-0.05, 0) is 18.2 Å². The zero-order valence-corrected chi connectivity index (χ0v) is 10.6. The molecule has 1 aromatic carbocycles. The van der Waals surface area contributed by atoms with Crippen LogP contribution in [0.25, 0.3) is 0 Å². The molecule has 1 amide bonds. The van der Waals surface area contributed by atoms with Gasteiger partial charge < -0.3 is 15.4 Å². The van der Waals surface area contributed by atoms with Crippen molar-refractivity contribution in [2.24, 2.45) is 0 Å². The van der Waals surface area contributed by atoms with Gasteiger partial charge in [-0.25, -0.2) is 4.79 Å². The number of anilines is 2. The number of halogens is 1. The summed E-state index contributed by atoms with van der Waals surface area (Å²) in [6, 6.07) is 4.71. The SMILES string of the molecule is COC(=O)c1ccc(N2CC(Cl)CC2=O)c(N)c1. The van der Waals surface area contributed by atoms with Crippen molar-refractivity contribution in [1.82, 2.24) is 0 Å². The largest absolute Gasteiger partial charge is 0.465 e. The van der Waals surface area contributed by atoms with Crippen LogP contribution in [0.5, 0.6) is 0 Å². The Balaban J connectivity index is 2.30. The Labute approximate surface area is 109 Å². The quantitative estimate of drug-likeness (QED) is 0.500. The van der Waals surface area contributed by atoms with Gasteiger partial charge in [0.05, 0.1) is 29.4 Å². The molecule has 96 valence electrons. The molecule has 0 spiro atoms. The molecule has 0 aromatic heterocycles. The number of carbonyl (C=O) groups is 2. The second kappa shape index (κ2) is 4.86. The zero-order valence-electron chi connectivity index (χ0n) is 9.85. The van der Waals surface area contributed by atoms with Gasteiger partial charge in [-0.2, -0.15) is 0 Å². The van der Waals surface area contributed by atoms with E-state index < -0.39 is 5.97 Å². The predicted molar refractivity (Wildman–Crippen MR) is 68.8 cm³/mol. The number of alkyl halides is 1. The Kier molecular flexibility index (Phi) is 3.43. The number of nitrogens with zero attached hydrogens (tertiary/aromatic N) is 1. The molecular weight excluding hydrogens is 256 g/mol. The van der Waals surface area contributed by atoms with Crippen molar-refractivity contribution in [3.05, 3.63) is 23.8 Å². The second-order valence-corrected chi connectivity index (χ2v) is 4.69. The molecule has 5 nitrogen and oxygen atoms in total. The summed E-state index contributed by atoms with van der Waals surface area (Å²) in [4.78, 5) is 24.6. The van der Waals surface area contributed by atoms with Crippen LogP contribution in [0.15, 0.2) is 18.2 Å². The maximum absolute atomic E-state index is 11.7. The van der Waals surface area contributed by atoms with Gasteiger partial charge in [-0.3, -0.25) is 4.79 Å². The molecule has 0 aliphatic carbocycles. The fourth-order valence-electron chi connectivity index (χ4n) is 1.94. The number of benzene rings is 1. The van der Waals surface area contributed by atoms with E-state index in [9.17, 15) is 9.59 Å². The van der Waals surface area contributed by atoms with Crippen LogP contribution in [0.4, 0.5) is 11.4 Å². The maximum Gasteiger partial charge on any atom is 0.337 e. The molecule has 2 rings (SSSR count). The summed E-state index contributed by atoms with van der Waals surface area (Å²) < 4.78 is 4.60. The van der Waals surface area contributed by atoms with Gasteiger partial charge in [0.15, 0.2) is 0 Å². The van der Waals surface area contributed by atoms with Crippen LogP contribution in [0, 0.1) is 0 Å². The van der Waals surface area contributed by atoms with Crippen molar-refractivity contribution in [1.29, 1.82) is 0 Å². The van der Waals surface area contributed by atoms with Crippen molar-refractivity contribution in [2.75, 3.05) is 24.3 Å². The van der Waals surface area contributed by atoms with Crippen molar-refractivity contribution in [2.45, 2.75) is 11.8 Å². The molecule has 1 atom stereocenters. The van der Waals surface area contributed by atoms with Gasteiger partial charge in [-0.15, -0.1) is 11.6 Å². The number of nitrogen functional groups attached to an aromatic ring is 1. The highest BCUT2D eigenvalue weighted by atomic mass is 35.5. The first-order valence-corrected chi connectivity index (χ1v) is 5.89. The number of ether oxygens (including phenoxy) is 1. The van der Waals surface area contributed by atoms with Crippen LogP contribution in [-0.4, -0.2) is 30.9 Å². The Bertz CT molecular complexity index is 504. The summed E-state index contributed by atoms with van der Waals surface area (Å²) in [5.74, 6) is -0.524. The minimum Gasteiger partial charge on any atom is -0.465 e. The number of nitrogens with two attached hydrogens (primary N) is 1. The van der Waals surface area contributed by atoms with Gasteiger partial charge in [0, 0.05) is 13.0 Å². The Morgan fingerprint density at radius 2 is 2.28 bits per heavy atom. The summed E-state index contributed by atoms with van der Waals surface area (Å²) in [6.07, 6.45) is 0.305. The van der Waals surface area contributed by atoms with E-state index in [0.29, 0.717) is 29.9 Å². The number of amides is 1. The number of esters is 1. The third-order valence-corrected chi connectivity index (χ3v) is 3.11. The van der Waals surface area contributed by atoms with Crippen LogP contribution in [-0.2, 0) is 9.53 Å². The van der Waals surface area contributed by atoms with Crippen molar-refractivity contribution < 1.29 is 14.3 Å². The zero-order chi connectivity index (χ0) is 13.3. The van der Waals surface area contributed by atoms with E-state index in [4.69, 9.17) is 17.3 Å². The monoisotopic (exact) mass is 268 g/mol. The van der Waals surface area contributed by atoms with E-state index >= 15 is 0 Å². The molecule has 1 aliphatic heterocycles. The minimum atomic E-state index is -0.462. The highest BCUT2D eigenvalue weighted by Crippen LogP contribution is 2.30. The van der Waals surface area contributed by atoms with E-state index in [1.54, 1.807) is 12.1 Å². The first-order valence-electron chi connectivity index (χ1n) is 5.45. The average Bonchev–Trinajstić information content (AvgIpc) is 2.67. The third kappa shape index (κ3) is 2.26. The first kappa shape index (κ1) is 12.7. The van der Waals surface area contributed by atoms with Crippen LogP contribution < -0.4 is 10.6 Å². The summed E-state index contributed by atoms with van der Waals surface area (Å²) in [6.45, 7) is 0.433. The molecule has 1 aromatic rings. The van der Waals surface area contributed by atoms with E-state index in [2.05, 4.69) is 4.74 Å². The van der Waals surface area contributed by atoms with E-state index in [1.807, 2.05) is 0 Å². The highest BCUT2D eigenvalue weighted by Gasteiger charge is 2.30. The highest BCUT2D eigenvalue weighted by molar-refractivity contribution is 6.24. The van der Waals surface area contributed by atoms with E-state index in [1.165, 1.54) is 18.1 Å². The first-order chi connectivity index (χ1) is 8.52. The molecule has 18 heavy (non-hydrogen) atoms. The predicted octanol–water partition coefficient (Wildman–Crippen LogP) is 1.40. The van der Waals surface area contributed by atoms with Gasteiger partial charge in [0.1, 0.15) is 0 Å². The number of hydrogen-bond donors (Lipinski definition) is 1. The minimum absolute atomic E-state index is 0.0625. The lowest BCUT2D eigenvalue weighted by atomic mass is 10.1. The molecule has 1 fully saturated rings. The number of rotatable bonds is 2. The molecule has 0 radical (unpaired) electrons. The number of carbonyl (C=O) groups excluding carboxylic acids is 2. The fraction of sp³-hybridized carbons (Fsp3) is 0.333. The Hall–Kier alpha value is -1.75. The Morgan fingerprint density at radius 1 is 1.56 bits per heavy atom. The van der Waals surface area contributed by atoms with Crippen molar-refractivity contribution in [3.8, 4) is 0 Å². The van der Waals surface area contributed by atoms with Crippen LogP contribution >= 0.6 is 11.6 Å². The van der Waals surface area contributed by atoms with E-state index in [0.717, 1.165) is 0 Å². The van der Waals surface area contributed by atoms with Crippen LogP contribution in [0.1, 0.15) is 16.8 Å². The molecule has 2 N–H and O–H groups in total. The van der Waals surface area contributed by atoms with Gasteiger partial charge in [-0.1, -0.05) is 0 Å². The summed E-state index contributed by atoms with van der Waals surface area (Å²) in [5.41, 5.74) is 7.15. The van der Waals surface area contributed by atoms with Crippen LogP contribution in [0.3, 0.4) is 0 Å². The lowest BCUT2D eigenvalue weighted by Crippen LogP contribution is -2.25. The third-order valence-electron chi connectivity index (χ3n) is 2.82. The second-order valence-electron chi connectivity index (χ2n) is 4.07. The summed E-state index contributed by atoms with van der Waals surface area (Å²) in [5, 5.41) is -0.197. The molecule has 0 saturated carbocycles. The van der Waals surface area contributed by atoms with Gasteiger partial charge in [0.2, 0.25) is 5.91 Å². The molecule has 1 saturated heterocycles. The average molecular weight is 269 g/mol.